The topological polar surface area (TPSA) is 108 Å². The van der Waals surface area contributed by atoms with Crippen LogP contribution in [0, 0.1) is 6.92 Å². The van der Waals surface area contributed by atoms with E-state index in [-0.39, 0.29) is 6.54 Å². The molecule has 0 aliphatic carbocycles. The summed E-state index contributed by atoms with van der Waals surface area (Å²) >= 11 is 6.30. The van der Waals surface area contributed by atoms with Crippen LogP contribution in [0.3, 0.4) is 0 Å². The summed E-state index contributed by atoms with van der Waals surface area (Å²) in [6.45, 7) is 9.82. The van der Waals surface area contributed by atoms with E-state index in [0.717, 1.165) is 5.56 Å². The number of ether oxygens (including phenoxy) is 1. The van der Waals surface area contributed by atoms with Crippen LogP contribution in [0.25, 0.3) is 0 Å². The van der Waals surface area contributed by atoms with E-state index in [9.17, 15) is 19.5 Å². The van der Waals surface area contributed by atoms with Gasteiger partial charge in [0.2, 0.25) is 5.91 Å². The molecule has 0 radical (unpaired) electrons. The van der Waals surface area contributed by atoms with Gasteiger partial charge in [0, 0.05) is 6.54 Å². The molecule has 2 aromatic carbocycles. The molecule has 9 heteroatoms. The predicted molar refractivity (Wildman–Crippen MR) is 136 cm³/mol. The molecule has 2 aromatic rings. The highest BCUT2D eigenvalue weighted by molar-refractivity contribution is 6.34. The Morgan fingerprint density at radius 2 is 1.80 bits per heavy atom. The average Bonchev–Trinajstić information content (AvgIpc) is 2.78. The minimum atomic E-state index is -1.34. The van der Waals surface area contributed by atoms with Crippen LogP contribution in [0.1, 0.15) is 37.9 Å². The maximum atomic E-state index is 13.6. The smallest absolute Gasteiger partial charge is 0.408 e. The molecule has 3 amide bonds. The van der Waals surface area contributed by atoms with Gasteiger partial charge in [0.05, 0.1) is 17.3 Å². The number of carbonyl (C=O) groups is 3. The van der Waals surface area contributed by atoms with Gasteiger partial charge in [0.1, 0.15) is 17.7 Å². The number of alkyl carbamates (subject to hydrolysis) is 1. The SMILES string of the molecule is C=CCN(C(=O)C(CO)NC(=O)OC(C)(C)C)C(C(=O)Nc1c(C)cccc1Cl)c1ccccc1. The number of aliphatic hydroxyl groups is 1. The lowest BCUT2D eigenvalue weighted by atomic mass is 10.0. The number of nitrogens with one attached hydrogen (secondary N) is 2. The quantitative estimate of drug-likeness (QED) is 0.446. The number of halogens is 1. The summed E-state index contributed by atoms with van der Waals surface area (Å²) in [5, 5.41) is 15.5. The van der Waals surface area contributed by atoms with Crippen molar-refractivity contribution in [2.24, 2.45) is 0 Å². The predicted octanol–water partition coefficient (Wildman–Crippen LogP) is 4.23. The first-order valence-corrected chi connectivity index (χ1v) is 11.5. The third-order valence-corrected chi connectivity index (χ3v) is 5.24. The lowest BCUT2D eigenvalue weighted by Gasteiger charge is -2.33. The normalized spacial score (nSPS) is 12.7. The number of para-hydroxylation sites is 1. The van der Waals surface area contributed by atoms with Crippen LogP contribution >= 0.6 is 11.6 Å². The number of amides is 3. The van der Waals surface area contributed by atoms with E-state index in [1.54, 1.807) is 76.2 Å². The molecule has 3 N–H and O–H groups in total. The van der Waals surface area contributed by atoms with E-state index in [4.69, 9.17) is 16.3 Å². The van der Waals surface area contributed by atoms with Crippen molar-refractivity contribution in [3.8, 4) is 0 Å². The molecule has 0 bridgehead atoms. The summed E-state index contributed by atoms with van der Waals surface area (Å²) in [4.78, 5) is 40.6. The van der Waals surface area contributed by atoms with Crippen molar-refractivity contribution < 1.29 is 24.2 Å². The molecule has 35 heavy (non-hydrogen) atoms. The van der Waals surface area contributed by atoms with Crippen LogP contribution in [0.2, 0.25) is 5.02 Å². The van der Waals surface area contributed by atoms with Crippen molar-refractivity contribution >= 4 is 35.2 Å². The van der Waals surface area contributed by atoms with Crippen molar-refractivity contribution in [1.29, 1.82) is 0 Å². The average molecular weight is 502 g/mol. The molecule has 0 aliphatic heterocycles. The highest BCUT2D eigenvalue weighted by Crippen LogP contribution is 2.29. The molecule has 0 saturated carbocycles. The van der Waals surface area contributed by atoms with Gasteiger partial charge in [0.25, 0.3) is 5.91 Å². The lowest BCUT2D eigenvalue weighted by molar-refractivity contribution is -0.140. The number of benzene rings is 2. The van der Waals surface area contributed by atoms with E-state index in [0.29, 0.717) is 16.3 Å². The van der Waals surface area contributed by atoms with Crippen LogP contribution in [-0.4, -0.2) is 52.7 Å². The number of carbonyl (C=O) groups excluding carboxylic acids is 3. The molecule has 0 aromatic heterocycles. The highest BCUT2D eigenvalue weighted by Gasteiger charge is 2.35. The number of aryl methyl sites for hydroxylation is 1. The van der Waals surface area contributed by atoms with E-state index < -0.39 is 42.2 Å². The summed E-state index contributed by atoms with van der Waals surface area (Å²) in [7, 11) is 0. The van der Waals surface area contributed by atoms with Crippen LogP contribution < -0.4 is 10.6 Å². The zero-order chi connectivity index (χ0) is 26.2. The molecular weight excluding hydrogens is 470 g/mol. The first-order valence-electron chi connectivity index (χ1n) is 11.1. The zero-order valence-corrected chi connectivity index (χ0v) is 21.1. The Balaban J connectivity index is 2.44. The maximum absolute atomic E-state index is 13.6. The van der Waals surface area contributed by atoms with Gasteiger partial charge >= 0.3 is 6.09 Å². The van der Waals surface area contributed by atoms with Crippen LogP contribution in [-0.2, 0) is 14.3 Å². The first-order chi connectivity index (χ1) is 16.5. The minimum Gasteiger partial charge on any atom is -0.444 e. The second-order valence-corrected chi connectivity index (χ2v) is 9.30. The van der Waals surface area contributed by atoms with Gasteiger partial charge in [-0.1, -0.05) is 60.1 Å². The molecule has 2 atom stereocenters. The molecule has 0 saturated heterocycles. The monoisotopic (exact) mass is 501 g/mol. The number of nitrogens with zero attached hydrogens (tertiary/aromatic N) is 1. The van der Waals surface area contributed by atoms with Gasteiger partial charge < -0.3 is 25.4 Å². The molecule has 0 spiro atoms. The summed E-state index contributed by atoms with van der Waals surface area (Å²) in [5.74, 6) is -1.20. The maximum Gasteiger partial charge on any atom is 0.408 e. The second kappa shape index (κ2) is 12.4. The molecule has 2 unspecified atom stereocenters. The van der Waals surface area contributed by atoms with Gasteiger partial charge in [-0.05, 0) is 44.9 Å². The standard InChI is InChI=1S/C26H32ClN3O5/c1-6-15-30(24(33)20(16-31)28-25(34)35-26(3,4)5)22(18-12-8-7-9-13-18)23(32)29-21-17(2)11-10-14-19(21)27/h6-14,20,22,31H,1,15-16H2,2-5H3,(H,28,34)(H,29,32). The summed E-state index contributed by atoms with van der Waals surface area (Å²) in [6.07, 6.45) is 0.597. The second-order valence-electron chi connectivity index (χ2n) is 8.89. The van der Waals surface area contributed by atoms with Crippen LogP contribution in [0.15, 0.2) is 61.2 Å². The molecule has 2 rings (SSSR count). The van der Waals surface area contributed by atoms with Crippen molar-refractivity contribution in [1.82, 2.24) is 10.2 Å². The molecular formula is C26H32ClN3O5. The van der Waals surface area contributed by atoms with Gasteiger partial charge in [-0.2, -0.15) is 0 Å². The Morgan fingerprint density at radius 1 is 1.14 bits per heavy atom. The van der Waals surface area contributed by atoms with Crippen molar-refractivity contribution in [3.05, 3.63) is 77.3 Å². The van der Waals surface area contributed by atoms with Crippen molar-refractivity contribution in [3.63, 3.8) is 0 Å². The Labute approximate surface area is 210 Å². The van der Waals surface area contributed by atoms with E-state index in [1.165, 1.54) is 11.0 Å². The van der Waals surface area contributed by atoms with Gasteiger partial charge in [-0.15, -0.1) is 6.58 Å². The van der Waals surface area contributed by atoms with Gasteiger partial charge in [-0.25, -0.2) is 4.79 Å². The van der Waals surface area contributed by atoms with E-state index in [1.807, 2.05) is 0 Å². The zero-order valence-electron chi connectivity index (χ0n) is 20.4. The first kappa shape index (κ1) is 27.9. The Kier molecular flexibility index (Phi) is 9.86. The highest BCUT2D eigenvalue weighted by atomic mass is 35.5. The molecule has 0 aliphatic rings. The van der Waals surface area contributed by atoms with E-state index >= 15 is 0 Å². The van der Waals surface area contributed by atoms with Crippen molar-refractivity contribution in [2.45, 2.75) is 45.4 Å². The fourth-order valence-electron chi connectivity index (χ4n) is 3.39. The Hall–Kier alpha value is -3.36. The molecule has 0 fully saturated rings. The fourth-order valence-corrected chi connectivity index (χ4v) is 3.66. The fraction of sp³-hybridized carbons (Fsp3) is 0.346. The summed E-state index contributed by atoms with van der Waals surface area (Å²) in [5.41, 5.74) is 0.905. The molecule has 8 nitrogen and oxygen atoms in total. The third-order valence-electron chi connectivity index (χ3n) is 4.93. The van der Waals surface area contributed by atoms with Gasteiger partial charge in [0.15, 0.2) is 0 Å². The molecule has 0 heterocycles. The Bertz CT molecular complexity index is 1030. The van der Waals surface area contributed by atoms with Crippen molar-refractivity contribution in [2.75, 3.05) is 18.5 Å². The summed E-state index contributed by atoms with van der Waals surface area (Å²) in [6, 6.07) is 11.5. The summed E-state index contributed by atoms with van der Waals surface area (Å²) < 4.78 is 5.21. The third kappa shape index (κ3) is 7.83. The van der Waals surface area contributed by atoms with Crippen LogP contribution in [0.5, 0.6) is 0 Å². The molecule has 188 valence electrons. The van der Waals surface area contributed by atoms with E-state index in [2.05, 4.69) is 17.2 Å². The van der Waals surface area contributed by atoms with Gasteiger partial charge in [-0.3, -0.25) is 9.59 Å². The largest absolute Gasteiger partial charge is 0.444 e. The van der Waals surface area contributed by atoms with Crippen LogP contribution in [0.4, 0.5) is 10.5 Å². The number of rotatable bonds is 9. The number of hydrogen-bond donors (Lipinski definition) is 3. The number of hydrogen-bond acceptors (Lipinski definition) is 5. The number of aliphatic hydroxyl groups excluding tert-OH is 1. The minimum absolute atomic E-state index is 0.0280. The number of anilines is 1. The Morgan fingerprint density at radius 3 is 2.34 bits per heavy atom. The lowest BCUT2D eigenvalue weighted by Crippen LogP contribution is -2.53.